The van der Waals surface area contributed by atoms with Crippen molar-refractivity contribution in [3.05, 3.63) is 36.9 Å². The van der Waals surface area contributed by atoms with Crippen LogP contribution in [0, 0.1) is 11.3 Å². The molecular formula is C20H21N9O. The molecule has 152 valence electrons. The van der Waals surface area contributed by atoms with Gasteiger partial charge in [0.1, 0.15) is 17.2 Å². The summed E-state index contributed by atoms with van der Waals surface area (Å²) in [5, 5.41) is 22.7. The first-order chi connectivity index (χ1) is 14.5. The standard InChI is InChI=1S/C20H21N9O/c1-27-18(22)7-15(26-27)16-12-28-17(3-6-23-28)19(25-16)13-10-24-29(11-13)20(4-5-21)8-14(9-20)30-2/h3,6-7,10-12,14H,4,8-9,22H2,1-2H3/t14-,20+. The molecule has 4 heterocycles. The zero-order chi connectivity index (χ0) is 20.9. The lowest BCUT2D eigenvalue weighted by atomic mass is 9.72. The van der Waals surface area contributed by atoms with Gasteiger partial charge in [0.15, 0.2) is 0 Å². The predicted molar refractivity (Wildman–Crippen MR) is 109 cm³/mol. The first kappa shape index (κ1) is 18.3. The highest BCUT2D eigenvalue weighted by Gasteiger charge is 2.47. The molecule has 0 amide bonds. The fourth-order valence-electron chi connectivity index (χ4n) is 4.09. The van der Waals surface area contributed by atoms with Crippen LogP contribution in [0.15, 0.2) is 36.9 Å². The maximum atomic E-state index is 9.34. The van der Waals surface area contributed by atoms with Gasteiger partial charge in [-0.2, -0.15) is 20.6 Å². The van der Waals surface area contributed by atoms with Gasteiger partial charge in [-0.1, -0.05) is 0 Å². The highest BCUT2D eigenvalue weighted by molar-refractivity contribution is 5.78. The molecule has 0 aromatic carbocycles. The molecule has 1 aliphatic rings. The van der Waals surface area contributed by atoms with E-state index in [1.165, 1.54) is 0 Å². The third kappa shape index (κ3) is 2.74. The van der Waals surface area contributed by atoms with E-state index in [4.69, 9.17) is 15.5 Å². The van der Waals surface area contributed by atoms with Gasteiger partial charge in [-0.05, 0) is 18.9 Å². The molecule has 10 heteroatoms. The Labute approximate surface area is 172 Å². The van der Waals surface area contributed by atoms with Gasteiger partial charge in [-0.3, -0.25) is 9.36 Å². The monoisotopic (exact) mass is 403 g/mol. The van der Waals surface area contributed by atoms with E-state index < -0.39 is 0 Å². The van der Waals surface area contributed by atoms with Crippen LogP contribution in [0.4, 0.5) is 5.82 Å². The smallest absolute Gasteiger partial charge is 0.122 e. The molecule has 4 aromatic heterocycles. The number of aromatic nitrogens is 7. The van der Waals surface area contributed by atoms with Crippen LogP contribution < -0.4 is 5.73 Å². The number of nitrogens with zero attached hydrogens (tertiary/aromatic N) is 8. The van der Waals surface area contributed by atoms with Crippen LogP contribution in [0.3, 0.4) is 0 Å². The van der Waals surface area contributed by atoms with Crippen molar-refractivity contribution < 1.29 is 4.74 Å². The highest BCUT2D eigenvalue weighted by Crippen LogP contribution is 2.43. The van der Waals surface area contributed by atoms with Crippen molar-refractivity contribution in [2.24, 2.45) is 7.05 Å². The Morgan fingerprint density at radius 2 is 2.13 bits per heavy atom. The number of nitriles is 1. The molecule has 0 spiro atoms. The number of hydrogen-bond donors (Lipinski definition) is 1. The molecule has 0 bridgehead atoms. The minimum atomic E-state index is -0.336. The van der Waals surface area contributed by atoms with Crippen molar-refractivity contribution in [2.45, 2.75) is 30.9 Å². The SMILES string of the molecule is CO[C@H]1C[C@@](CC#N)(n2cc(-c3nc(-c4cc(N)n(C)n4)cn4nccc34)cn2)C1. The topological polar surface area (TPSA) is 125 Å². The lowest BCUT2D eigenvalue weighted by Crippen LogP contribution is -2.50. The van der Waals surface area contributed by atoms with E-state index in [-0.39, 0.29) is 11.6 Å². The summed E-state index contributed by atoms with van der Waals surface area (Å²) in [5.74, 6) is 0.554. The molecule has 0 radical (unpaired) electrons. The molecule has 2 N–H and O–H groups in total. The molecule has 30 heavy (non-hydrogen) atoms. The second-order valence-corrected chi connectivity index (χ2v) is 7.71. The molecule has 1 saturated carbocycles. The van der Waals surface area contributed by atoms with Crippen molar-refractivity contribution in [2.75, 3.05) is 12.8 Å². The highest BCUT2D eigenvalue weighted by atomic mass is 16.5. The van der Waals surface area contributed by atoms with Crippen molar-refractivity contribution >= 4 is 11.3 Å². The summed E-state index contributed by atoms with van der Waals surface area (Å²) in [4.78, 5) is 4.85. The van der Waals surface area contributed by atoms with Gasteiger partial charge in [0.2, 0.25) is 0 Å². The molecule has 0 aliphatic heterocycles. The van der Waals surface area contributed by atoms with Crippen molar-refractivity contribution in [3.8, 4) is 28.7 Å². The second-order valence-electron chi connectivity index (χ2n) is 7.71. The molecule has 1 aliphatic carbocycles. The molecule has 0 saturated heterocycles. The summed E-state index contributed by atoms with van der Waals surface area (Å²) in [5.41, 5.74) is 9.40. The second kappa shape index (κ2) is 6.67. The van der Waals surface area contributed by atoms with Gasteiger partial charge < -0.3 is 10.5 Å². The average molecular weight is 403 g/mol. The summed E-state index contributed by atoms with van der Waals surface area (Å²) in [6.45, 7) is 0. The number of aryl methyl sites for hydroxylation is 1. The number of methoxy groups -OCH3 is 1. The summed E-state index contributed by atoms with van der Waals surface area (Å²) in [6, 6.07) is 5.99. The summed E-state index contributed by atoms with van der Waals surface area (Å²) in [6.07, 6.45) is 9.37. The van der Waals surface area contributed by atoms with Crippen LogP contribution in [0.2, 0.25) is 0 Å². The van der Waals surface area contributed by atoms with Crippen molar-refractivity contribution in [1.29, 1.82) is 5.26 Å². The molecule has 0 atom stereocenters. The van der Waals surface area contributed by atoms with E-state index in [0.29, 0.717) is 23.6 Å². The number of nitrogens with two attached hydrogens (primary N) is 1. The van der Waals surface area contributed by atoms with E-state index in [9.17, 15) is 5.26 Å². The molecule has 5 rings (SSSR count). The fraction of sp³-hybridized carbons (Fsp3) is 0.350. The van der Waals surface area contributed by atoms with Crippen molar-refractivity contribution in [3.63, 3.8) is 0 Å². The molecule has 0 unspecified atom stereocenters. The average Bonchev–Trinajstić information content (AvgIpc) is 3.44. The number of anilines is 1. The zero-order valence-electron chi connectivity index (χ0n) is 16.7. The largest absolute Gasteiger partial charge is 0.384 e. The van der Waals surface area contributed by atoms with Gasteiger partial charge in [0.25, 0.3) is 0 Å². The lowest BCUT2D eigenvalue weighted by molar-refractivity contribution is -0.0542. The third-order valence-corrected chi connectivity index (χ3v) is 5.87. The Balaban J connectivity index is 1.59. The van der Waals surface area contributed by atoms with Crippen molar-refractivity contribution in [1.82, 2.24) is 34.2 Å². The van der Waals surface area contributed by atoms with Gasteiger partial charge in [0, 0.05) is 32.0 Å². The maximum Gasteiger partial charge on any atom is 0.122 e. The minimum Gasteiger partial charge on any atom is -0.384 e. The van der Waals surface area contributed by atoms with Gasteiger partial charge in [-0.15, -0.1) is 0 Å². The van der Waals surface area contributed by atoms with E-state index in [0.717, 1.165) is 29.6 Å². The quantitative estimate of drug-likeness (QED) is 0.540. The van der Waals surface area contributed by atoms with Crippen LogP contribution >= 0.6 is 0 Å². The van der Waals surface area contributed by atoms with Gasteiger partial charge >= 0.3 is 0 Å². The van der Waals surface area contributed by atoms with Gasteiger partial charge in [-0.25, -0.2) is 9.50 Å². The minimum absolute atomic E-state index is 0.156. The van der Waals surface area contributed by atoms with Gasteiger partial charge in [0.05, 0.1) is 53.9 Å². The van der Waals surface area contributed by atoms with Crippen LogP contribution in [0.25, 0.3) is 28.2 Å². The Hall–Kier alpha value is -3.71. The number of rotatable bonds is 5. The van der Waals surface area contributed by atoms with Crippen LogP contribution in [0.1, 0.15) is 19.3 Å². The molecule has 10 nitrogen and oxygen atoms in total. The summed E-state index contributed by atoms with van der Waals surface area (Å²) in [7, 11) is 3.49. The Bertz CT molecular complexity index is 1250. The number of hydrogen-bond acceptors (Lipinski definition) is 7. The lowest BCUT2D eigenvalue weighted by Gasteiger charge is -2.45. The van der Waals surface area contributed by atoms with Crippen LogP contribution in [-0.2, 0) is 17.3 Å². The normalized spacial score (nSPS) is 20.9. The van der Waals surface area contributed by atoms with Crippen LogP contribution in [-0.4, -0.2) is 47.4 Å². The third-order valence-electron chi connectivity index (χ3n) is 5.87. The first-order valence-corrected chi connectivity index (χ1v) is 9.62. The Kier molecular flexibility index (Phi) is 4.08. The van der Waals surface area contributed by atoms with E-state index in [2.05, 4.69) is 21.4 Å². The molecular weight excluding hydrogens is 382 g/mol. The zero-order valence-corrected chi connectivity index (χ0v) is 16.7. The first-order valence-electron chi connectivity index (χ1n) is 9.62. The van der Waals surface area contributed by atoms with E-state index in [1.54, 1.807) is 41.8 Å². The van der Waals surface area contributed by atoms with E-state index >= 15 is 0 Å². The number of ether oxygens (including phenoxy) is 1. The number of fused-ring (bicyclic) bond motifs is 1. The summed E-state index contributed by atoms with van der Waals surface area (Å²) >= 11 is 0. The maximum absolute atomic E-state index is 9.34. The fourth-order valence-corrected chi connectivity index (χ4v) is 4.09. The number of nitrogen functional groups attached to an aromatic ring is 1. The van der Waals surface area contributed by atoms with Crippen LogP contribution in [0.5, 0.6) is 0 Å². The summed E-state index contributed by atoms with van der Waals surface area (Å²) < 4.78 is 10.7. The predicted octanol–water partition coefficient (Wildman–Crippen LogP) is 1.99. The molecule has 4 aromatic rings. The Morgan fingerprint density at radius 1 is 1.30 bits per heavy atom. The van der Waals surface area contributed by atoms with E-state index in [1.807, 2.05) is 23.1 Å². The Morgan fingerprint density at radius 3 is 2.83 bits per heavy atom. The molecule has 1 fully saturated rings.